The van der Waals surface area contributed by atoms with Gasteiger partial charge in [-0.3, -0.25) is 20.2 Å². The van der Waals surface area contributed by atoms with Crippen LogP contribution in [0.4, 0.5) is 11.9 Å². The van der Waals surface area contributed by atoms with Crippen molar-refractivity contribution in [3.8, 4) is 11.4 Å². The highest BCUT2D eigenvalue weighted by molar-refractivity contribution is 9.10. The number of carbonyl (C=O) groups excluding carboxylic acids is 2. The number of anilines is 2. The van der Waals surface area contributed by atoms with Crippen molar-refractivity contribution in [2.24, 2.45) is 0 Å². The number of nitrogens with one attached hydrogen (secondary N) is 2. The van der Waals surface area contributed by atoms with Gasteiger partial charge in [0.1, 0.15) is 0 Å². The number of aromatic nitrogens is 3. The van der Waals surface area contributed by atoms with Crippen molar-refractivity contribution >= 4 is 39.6 Å². The Morgan fingerprint density at radius 1 is 0.793 bits per heavy atom. The molecule has 0 aliphatic rings. The minimum atomic E-state index is -0.147. The summed E-state index contributed by atoms with van der Waals surface area (Å²) >= 11 is 3.41. The van der Waals surface area contributed by atoms with E-state index in [9.17, 15) is 9.59 Å². The van der Waals surface area contributed by atoms with Crippen LogP contribution < -0.4 is 10.6 Å². The largest absolute Gasteiger partial charge is 0.294 e. The average molecular weight is 462 g/mol. The summed E-state index contributed by atoms with van der Waals surface area (Å²) < 4.78 is 0.934. The van der Waals surface area contributed by atoms with Crippen LogP contribution in [0.2, 0.25) is 0 Å². The lowest BCUT2D eigenvalue weighted by Gasteiger charge is -2.09. The highest BCUT2D eigenvalue weighted by Crippen LogP contribution is 2.21. The third kappa shape index (κ3) is 8.27. The maximum atomic E-state index is 12.2. The summed E-state index contributed by atoms with van der Waals surface area (Å²) in [6.07, 6.45) is 6.52. The summed E-state index contributed by atoms with van der Waals surface area (Å²) in [6.45, 7) is 4.17. The first-order valence-corrected chi connectivity index (χ1v) is 10.9. The molecule has 7 nitrogen and oxygen atoms in total. The molecular formula is C21H28BrN5O2. The zero-order chi connectivity index (χ0) is 21.1. The maximum Gasteiger partial charge on any atom is 0.234 e. The number of benzene rings is 1. The monoisotopic (exact) mass is 461 g/mol. The van der Waals surface area contributed by atoms with Crippen LogP contribution in [0.3, 0.4) is 0 Å². The molecule has 1 heterocycles. The molecule has 0 unspecified atom stereocenters. The number of hydrogen-bond acceptors (Lipinski definition) is 5. The van der Waals surface area contributed by atoms with Crippen LogP contribution in [0.1, 0.15) is 65.2 Å². The highest BCUT2D eigenvalue weighted by Gasteiger charge is 2.13. The lowest BCUT2D eigenvalue weighted by atomic mass is 10.2. The number of amides is 2. The van der Waals surface area contributed by atoms with E-state index in [4.69, 9.17) is 0 Å². The SMILES string of the molecule is CCCCCC(=O)Nc1nc(NC(=O)CCCCC)nc(-c2ccc(Br)cc2)n1. The second-order valence-corrected chi connectivity index (χ2v) is 7.74. The molecule has 0 atom stereocenters. The molecule has 2 amide bonds. The number of halogens is 1. The van der Waals surface area contributed by atoms with Gasteiger partial charge in [0.2, 0.25) is 23.7 Å². The number of nitrogens with zero attached hydrogens (tertiary/aromatic N) is 3. The zero-order valence-electron chi connectivity index (χ0n) is 17.0. The highest BCUT2D eigenvalue weighted by atomic mass is 79.9. The first-order chi connectivity index (χ1) is 14.0. The molecule has 2 N–H and O–H groups in total. The summed E-state index contributed by atoms with van der Waals surface area (Å²) in [7, 11) is 0. The van der Waals surface area contributed by atoms with Crippen LogP contribution in [0, 0.1) is 0 Å². The third-order valence-electron chi connectivity index (χ3n) is 4.26. The smallest absolute Gasteiger partial charge is 0.234 e. The lowest BCUT2D eigenvalue weighted by Crippen LogP contribution is -2.18. The summed E-state index contributed by atoms with van der Waals surface area (Å²) in [6, 6.07) is 7.48. The van der Waals surface area contributed by atoms with E-state index in [1.807, 2.05) is 24.3 Å². The zero-order valence-corrected chi connectivity index (χ0v) is 18.6. The van der Waals surface area contributed by atoms with Crippen LogP contribution in [0.5, 0.6) is 0 Å². The Labute approximate surface area is 180 Å². The second-order valence-electron chi connectivity index (χ2n) is 6.82. The van der Waals surface area contributed by atoms with Crippen molar-refractivity contribution in [3.63, 3.8) is 0 Å². The molecule has 2 rings (SSSR count). The number of rotatable bonds is 11. The van der Waals surface area contributed by atoms with Gasteiger partial charge in [-0.05, 0) is 25.0 Å². The van der Waals surface area contributed by atoms with Gasteiger partial charge in [-0.1, -0.05) is 67.6 Å². The molecule has 1 aromatic heterocycles. The average Bonchev–Trinajstić information content (AvgIpc) is 2.68. The summed E-state index contributed by atoms with van der Waals surface area (Å²) in [4.78, 5) is 37.3. The molecule has 156 valence electrons. The number of carbonyl (C=O) groups is 2. The second kappa shape index (κ2) is 12.3. The first kappa shape index (κ1) is 22.9. The van der Waals surface area contributed by atoms with Crippen molar-refractivity contribution in [2.75, 3.05) is 10.6 Å². The molecule has 29 heavy (non-hydrogen) atoms. The molecule has 0 bridgehead atoms. The van der Waals surface area contributed by atoms with Crippen LogP contribution in [-0.2, 0) is 9.59 Å². The van der Waals surface area contributed by atoms with Gasteiger partial charge in [0.25, 0.3) is 0 Å². The fraction of sp³-hybridized carbons (Fsp3) is 0.476. The summed E-state index contributed by atoms with van der Waals surface area (Å²) in [5, 5.41) is 5.45. The van der Waals surface area contributed by atoms with Crippen LogP contribution in [0.15, 0.2) is 28.7 Å². The molecule has 1 aromatic carbocycles. The van der Waals surface area contributed by atoms with Crippen molar-refractivity contribution in [3.05, 3.63) is 28.7 Å². The van der Waals surface area contributed by atoms with Crippen LogP contribution in [-0.4, -0.2) is 26.8 Å². The van der Waals surface area contributed by atoms with Gasteiger partial charge in [0, 0.05) is 22.9 Å². The molecule has 0 saturated heterocycles. The topological polar surface area (TPSA) is 96.9 Å². The molecule has 8 heteroatoms. The van der Waals surface area contributed by atoms with E-state index in [2.05, 4.69) is 55.4 Å². The Kier molecular flexibility index (Phi) is 9.70. The molecule has 2 aromatic rings. The molecule has 0 saturated carbocycles. The van der Waals surface area contributed by atoms with Crippen molar-refractivity contribution in [1.82, 2.24) is 15.0 Å². The Balaban J connectivity index is 2.20. The minimum Gasteiger partial charge on any atom is -0.294 e. The fourth-order valence-corrected chi connectivity index (χ4v) is 2.93. The normalized spacial score (nSPS) is 10.6. The van der Waals surface area contributed by atoms with Gasteiger partial charge >= 0.3 is 0 Å². The van der Waals surface area contributed by atoms with Crippen molar-refractivity contribution in [2.45, 2.75) is 65.2 Å². The molecular weight excluding hydrogens is 434 g/mol. The van der Waals surface area contributed by atoms with Crippen LogP contribution in [0.25, 0.3) is 11.4 Å². The Bertz CT molecular complexity index is 769. The van der Waals surface area contributed by atoms with Gasteiger partial charge < -0.3 is 0 Å². The quantitative estimate of drug-likeness (QED) is 0.440. The predicted octanol–water partition coefficient (Wildman–Crippen LogP) is 5.34. The summed E-state index contributed by atoms with van der Waals surface area (Å²) in [5.74, 6) is 0.380. The molecule has 0 fully saturated rings. The van der Waals surface area contributed by atoms with Gasteiger partial charge in [0.15, 0.2) is 5.82 Å². The summed E-state index contributed by atoms with van der Waals surface area (Å²) in [5.41, 5.74) is 0.763. The van der Waals surface area contributed by atoms with E-state index in [0.29, 0.717) is 18.7 Å². The first-order valence-electron chi connectivity index (χ1n) is 10.1. The van der Waals surface area contributed by atoms with E-state index in [1.165, 1.54) is 0 Å². The lowest BCUT2D eigenvalue weighted by molar-refractivity contribution is -0.117. The third-order valence-corrected chi connectivity index (χ3v) is 4.78. The predicted molar refractivity (Wildman–Crippen MR) is 119 cm³/mol. The molecule has 0 spiro atoms. The standard InChI is InChI=1S/C21H28BrN5O2/c1-3-5-7-9-17(28)23-20-25-19(15-11-13-16(22)14-12-15)26-21(27-20)24-18(29)10-8-6-4-2/h11-14H,3-10H2,1-2H3,(H2,23,24,25,26,27,28,29). The van der Waals surface area contributed by atoms with Gasteiger partial charge in [-0.15, -0.1) is 0 Å². The Morgan fingerprint density at radius 2 is 1.28 bits per heavy atom. The van der Waals surface area contributed by atoms with Gasteiger partial charge in [-0.25, -0.2) is 0 Å². The molecule has 0 radical (unpaired) electrons. The molecule has 0 aliphatic carbocycles. The van der Waals surface area contributed by atoms with Crippen molar-refractivity contribution in [1.29, 1.82) is 0 Å². The van der Waals surface area contributed by atoms with E-state index in [-0.39, 0.29) is 23.7 Å². The van der Waals surface area contributed by atoms with Crippen LogP contribution >= 0.6 is 15.9 Å². The van der Waals surface area contributed by atoms with E-state index in [0.717, 1.165) is 48.6 Å². The minimum absolute atomic E-state index is 0.142. The Hall–Kier alpha value is -2.35. The fourth-order valence-electron chi connectivity index (χ4n) is 2.66. The van der Waals surface area contributed by atoms with E-state index >= 15 is 0 Å². The molecule has 0 aliphatic heterocycles. The van der Waals surface area contributed by atoms with Gasteiger partial charge in [-0.2, -0.15) is 15.0 Å². The van der Waals surface area contributed by atoms with E-state index < -0.39 is 0 Å². The maximum absolute atomic E-state index is 12.2. The number of hydrogen-bond donors (Lipinski definition) is 2. The Morgan fingerprint density at radius 3 is 1.72 bits per heavy atom. The van der Waals surface area contributed by atoms with E-state index in [1.54, 1.807) is 0 Å². The van der Waals surface area contributed by atoms with Crippen molar-refractivity contribution < 1.29 is 9.59 Å². The number of unbranched alkanes of at least 4 members (excludes halogenated alkanes) is 4. The van der Waals surface area contributed by atoms with Gasteiger partial charge in [0.05, 0.1) is 0 Å².